The summed E-state index contributed by atoms with van der Waals surface area (Å²) in [6.07, 6.45) is 8.39. The Labute approximate surface area is 189 Å². The lowest BCUT2D eigenvalue weighted by Gasteiger charge is -2.25. The van der Waals surface area contributed by atoms with Gasteiger partial charge in [0.05, 0.1) is 5.92 Å². The third-order valence-electron chi connectivity index (χ3n) is 5.40. The first-order valence-electron chi connectivity index (χ1n) is 11.1. The Morgan fingerprint density at radius 3 is 2.32 bits per heavy atom. The van der Waals surface area contributed by atoms with E-state index in [4.69, 9.17) is 26.2 Å². The molecule has 1 saturated carbocycles. The second kappa shape index (κ2) is 15.0. The van der Waals surface area contributed by atoms with Crippen molar-refractivity contribution >= 4 is 35.3 Å². The van der Waals surface area contributed by atoms with Crippen molar-refractivity contribution < 1.29 is 33.8 Å². The van der Waals surface area contributed by atoms with Gasteiger partial charge < -0.3 is 14.6 Å². The summed E-state index contributed by atoms with van der Waals surface area (Å²) in [7, 11) is 0. The number of ketones is 1. The Kier molecular flexibility index (Phi) is 13.1. The van der Waals surface area contributed by atoms with Gasteiger partial charge in [0.25, 0.3) is 0 Å². The van der Waals surface area contributed by atoms with E-state index in [0.29, 0.717) is 30.9 Å². The van der Waals surface area contributed by atoms with E-state index >= 15 is 0 Å². The molecule has 0 unspecified atom stereocenters. The molecule has 7 nitrogen and oxygen atoms in total. The molecule has 0 aromatic rings. The average Bonchev–Trinajstić information content (AvgIpc) is 2.97. The van der Waals surface area contributed by atoms with E-state index in [9.17, 15) is 19.2 Å². The molecule has 1 N–H and O–H groups in total. The van der Waals surface area contributed by atoms with Crippen molar-refractivity contribution in [2.75, 3.05) is 5.88 Å². The molecule has 31 heavy (non-hydrogen) atoms. The van der Waals surface area contributed by atoms with Crippen molar-refractivity contribution in [2.24, 2.45) is 11.8 Å². The highest BCUT2D eigenvalue weighted by atomic mass is 35.5. The number of rotatable bonds is 15. The van der Waals surface area contributed by atoms with E-state index in [0.717, 1.165) is 38.5 Å². The number of allylic oxidation sites excluding steroid dienone is 1. The van der Waals surface area contributed by atoms with Gasteiger partial charge in [0.15, 0.2) is 0 Å². The third-order valence-corrected chi connectivity index (χ3v) is 5.66. The summed E-state index contributed by atoms with van der Waals surface area (Å²) >= 11 is 5.71. The number of hydrogen-bond acceptors (Lipinski definition) is 6. The molecular formula is C23H35ClO7. The number of hydrogen-bond donors (Lipinski definition) is 1. The third kappa shape index (κ3) is 10.8. The maximum atomic E-state index is 12.7. The van der Waals surface area contributed by atoms with Gasteiger partial charge >= 0.3 is 17.9 Å². The number of halogens is 1. The number of carboxylic acid groups (broad SMARTS) is 1. The highest BCUT2D eigenvalue weighted by Gasteiger charge is 2.47. The summed E-state index contributed by atoms with van der Waals surface area (Å²) in [5.41, 5.74) is 0. The van der Waals surface area contributed by atoms with E-state index in [2.05, 4.69) is 0 Å². The zero-order chi connectivity index (χ0) is 23.2. The van der Waals surface area contributed by atoms with Gasteiger partial charge in [-0.15, -0.1) is 11.6 Å². The van der Waals surface area contributed by atoms with Crippen LogP contribution in [0.1, 0.15) is 84.5 Å². The van der Waals surface area contributed by atoms with Crippen LogP contribution in [0.25, 0.3) is 0 Å². The molecule has 0 spiro atoms. The summed E-state index contributed by atoms with van der Waals surface area (Å²) in [6.45, 7) is 2.62. The second-order valence-corrected chi connectivity index (χ2v) is 8.41. The quantitative estimate of drug-likeness (QED) is 0.162. The molecule has 0 radical (unpaired) electrons. The van der Waals surface area contributed by atoms with Gasteiger partial charge in [-0.3, -0.25) is 19.2 Å². The SMILES string of the molecule is CC(=O)OC(=CCCCCCCl)[C@H]1[C@@H](OC(C)=O)CC(=O)[C@@H]1CCCCCCC(=O)O. The van der Waals surface area contributed by atoms with Crippen molar-refractivity contribution in [1.29, 1.82) is 0 Å². The number of aliphatic carboxylic acids is 1. The van der Waals surface area contributed by atoms with Crippen LogP contribution in [0.4, 0.5) is 0 Å². The Balaban J connectivity index is 2.88. The van der Waals surface area contributed by atoms with Crippen LogP contribution < -0.4 is 0 Å². The highest BCUT2D eigenvalue weighted by Crippen LogP contribution is 2.40. The molecule has 0 heterocycles. The van der Waals surface area contributed by atoms with Crippen LogP contribution in [0.15, 0.2) is 11.8 Å². The smallest absolute Gasteiger partial charge is 0.307 e. The lowest BCUT2D eigenvalue weighted by Crippen LogP contribution is -2.28. The predicted octanol–water partition coefficient (Wildman–Crippen LogP) is 4.79. The normalized spacial score (nSPS) is 21.2. The number of carboxylic acids is 1. The van der Waals surface area contributed by atoms with Crippen molar-refractivity contribution in [3.8, 4) is 0 Å². The van der Waals surface area contributed by atoms with E-state index in [1.54, 1.807) is 0 Å². The van der Waals surface area contributed by atoms with Gasteiger partial charge in [-0.1, -0.05) is 25.7 Å². The van der Waals surface area contributed by atoms with Gasteiger partial charge in [-0.05, 0) is 38.2 Å². The van der Waals surface area contributed by atoms with Crippen LogP contribution in [-0.4, -0.2) is 40.8 Å². The van der Waals surface area contributed by atoms with Crippen LogP contribution >= 0.6 is 11.6 Å². The minimum absolute atomic E-state index is 0.00183. The van der Waals surface area contributed by atoms with Crippen LogP contribution in [-0.2, 0) is 28.7 Å². The zero-order valence-corrected chi connectivity index (χ0v) is 19.3. The number of carbonyl (C=O) groups is 4. The van der Waals surface area contributed by atoms with E-state index < -0.39 is 35.8 Å². The molecule has 3 atom stereocenters. The average molecular weight is 459 g/mol. The van der Waals surface area contributed by atoms with Crippen molar-refractivity contribution in [3.05, 3.63) is 11.8 Å². The molecule has 1 aliphatic carbocycles. The number of ether oxygens (including phenoxy) is 2. The van der Waals surface area contributed by atoms with Gasteiger partial charge in [0, 0.05) is 38.5 Å². The summed E-state index contributed by atoms with van der Waals surface area (Å²) < 4.78 is 10.9. The molecule has 1 aliphatic rings. The molecule has 0 saturated heterocycles. The largest absolute Gasteiger partial charge is 0.481 e. The fourth-order valence-electron chi connectivity index (χ4n) is 4.05. The highest BCUT2D eigenvalue weighted by molar-refractivity contribution is 6.17. The summed E-state index contributed by atoms with van der Waals surface area (Å²) in [4.78, 5) is 46.7. The van der Waals surface area contributed by atoms with E-state index in [-0.39, 0.29) is 18.6 Å². The monoisotopic (exact) mass is 458 g/mol. The van der Waals surface area contributed by atoms with Gasteiger partial charge in [0.2, 0.25) is 0 Å². The first kappa shape index (κ1) is 27.1. The van der Waals surface area contributed by atoms with Crippen LogP contribution in [0, 0.1) is 11.8 Å². The molecule has 176 valence electrons. The van der Waals surface area contributed by atoms with Gasteiger partial charge in [-0.25, -0.2) is 0 Å². The van der Waals surface area contributed by atoms with Crippen LogP contribution in [0.3, 0.4) is 0 Å². The standard InChI is InChI=1S/C23H35ClO7/c1-16(25)30-20(12-8-5-6-10-14-24)23-18(11-7-3-4-9-13-22(28)29)19(27)15-21(23)31-17(2)26/h12,18,21,23H,3-11,13-15H2,1-2H3,(H,28,29)/t18-,21-,23-/m0/s1. The van der Waals surface area contributed by atoms with Crippen molar-refractivity contribution in [1.82, 2.24) is 0 Å². The maximum Gasteiger partial charge on any atom is 0.307 e. The van der Waals surface area contributed by atoms with E-state index in [1.165, 1.54) is 13.8 Å². The molecule has 0 amide bonds. The fourth-order valence-corrected chi connectivity index (χ4v) is 4.24. The van der Waals surface area contributed by atoms with Crippen molar-refractivity contribution in [3.63, 3.8) is 0 Å². The molecule has 1 rings (SSSR count). The second-order valence-electron chi connectivity index (χ2n) is 8.04. The molecule has 0 aromatic heterocycles. The maximum absolute atomic E-state index is 12.7. The fraction of sp³-hybridized carbons (Fsp3) is 0.739. The zero-order valence-electron chi connectivity index (χ0n) is 18.6. The predicted molar refractivity (Wildman–Crippen MR) is 117 cm³/mol. The Bertz CT molecular complexity index is 644. The Morgan fingerprint density at radius 1 is 1.03 bits per heavy atom. The minimum atomic E-state index is -0.808. The number of esters is 2. The minimum Gasteiger partial charge on any atom is -0.481 e. The topological polar surface area (TPSA) is 107 Å². The number of alkyl halides is 1. The molecule has 1 fully saturated rings. The van der Waals surface area contributed by atoms with Crippen LogP contribution in [0.5, 0.6) is 0 Å². The molecule has 0 aromatic carbocycles. The van der Waals surface area contributed by atoms with Crippen LogP contribution in [0.2, 0.25) is 0 Å². The number of carbonyl (C=O) groups excluding carboxylic acids is 3. The van der Waals surface area contributed by atoms with Gasteiger partial charge in [0.1, 0.15) is 17.6 Å². The molecule has 0 aliphatic heterocycles. The number of unbranched alkanes of at least 4 members (excludes halogenated alkanes) is 6. The first-order chi connectivity index (χ1) is 14.8. The van der Waals surface area contributed by atoms with Crippen molar-refractivity contribution in [2.45, 2.75) is 90.6 Å². The molecule has 0 bridgehead atoms. The molecule has 8 heteroatoms. The Hall–Kier alpha value is -1.89. The molecular weight excluding hydrogens is 424 g/mol. The summed E-state index contributed by atoms with van der Waals surface area (Å²) in [6, 6.07) is 0. The lowest BCUT2D eigenvalue weighted by atomic mass is 9.87. The van der Waals surface area contributed by atoms with E-state index in [1.807, 2.05) is 6.08 Å². The summed E-state index contributed by atoms with van der Waals surface area (Å²) in [5, 5.41) is 8.72. The number of Topliss-reactive ketones (excluding diaryl/α,β-unsaturated/α-hetero) is 1. The van der Waals surface area contributed by atoms with Gasteiger partial charge in [-0.2, -0.15) is 0 Å². The Morgan fingerprint density at radius 2 is 1.71 bits per heavy atom. The first-order valence-corrected chi connectivity index (χ1v) is 11.7. The summed E-state index contributed by atoms with van der Waals surface area (Å²) in [5.74, 6) is -1.61. The lowest BCUT2D eigenvalue weighted by molar-refractivity contribution is -0.149.